The summed E-state index contributed by atoms with van der Waals surface area (Å²) >= 11 is 0. The molecule has 3 heterocycles. The Morgan fingerprint density at radius 1 is 1.08 bits per heavy atom. The number of allylic oxidation sites excluding steroid dienone is 5. The van der Waals surface area contributed by atoms with Crippen molar-refractivity contribution in [2.75, 3.05) is 0 Å². The van der Waals surface area contributed by atoms with Crippen molar-refractivity contribution in [1.29, 1.82) is 0 Å². The molecule has 5 rings (SSSR count). The smallest absolute Gasteiger partial charge is 0.138 e. The maximum Gasteiger partial charge on any atom is 0.138 e. The van der Waals surface area contributed by atoms with E-state index in [2.05, 4.69) is 76.8 Å². The number of benzene rings is 2. The van der Waals surface area contributed by atoms with Gasteiger partial charge in [-0.3, -0.25) is 5.10 Å². The molecule has 3 N–H and O–H groups in total. The molecule has 2 aromatic carbocycles. The zero-order valence-corrected chi connectivity index (χ0v) is 21.8. The van der Waals surface area contributed by atoms with Gasteiger partial charge < -0.3 is 10.3 Å². The van der Waals surface area contributed by atoms with Crippen LogP contribution in [0.4, 0.5) is 4.39 Å². The lowest BCUT2D eigenvalue weighted by molar-refractivity contribution is 0.628. The lowest BCUT2D eigenvalue weighted by atomic mass is 10.0. The average Bonchev–Trinajstić information content (AvgIpc) is 3.54. The van der Waals surface area contributed by atoms with Crippen LogP contribution in [0, 0.1) is 11.7 Å². The number of hydrogen-bond donors (Lipinski definition) is 3. The molecule has 0 saturated carbocycles. The molecule has 0 unspecified atom stereocenters. The molecule has 0 bridgehead atoms. The summed E-state index contributed by atoms with van der Waals surface area (Å²) in [6.45, 7) is 14.3. The molecule has 0 aliphatic rings. The topological polar surface area (TPSA) is 69.4 Å². The third-order valence-corrected chi connectivity index (χ3v) is 6.66. The Kier molecular flexibility index (Phi) is 6.79. The van der Waals surface area contributed by atoms with E-state index in [1.54, 1.807) is 18.3 Å². The molecule has 0 radical (unpaired) electrons. The number of H-pyrrole nitrogens is 2. The minimum atomic E-state index is -0.272. The summed E-state index contributed by atoms with van der Waals surface area (Å²) < 4.78 is 13.9. The Morgan fingerprint density at radius 2 is 1.92 bits per heavy atom. The molecule has 0 atom stereocenters. The van der Waals surface area contributed by atoms with E-state index >= 15 is 0 Å². The fourth-order valence-corrected chi connectivity index (χ4v) is 4.44. The lowest BCUT2D eigenvalue weighted by Crippen LogP contribution is -2.14. The van der Waals surface area contributed by atoms with Crippen LogP contribution in [-0.2, 0) is 0 Å². The van der Waals surface area contributed by atoms with Crippen molar-refractivity contribution in [1.82, 2.24) is 25.5 Å². The van der Waals surface area contributed by atoms with Crippen LogP contribution in [0.5, 0.6) is 0 Å². The minimum Gasteiger partial charge on any atom is -0.359 e. The Labute approximate surface area is 221 Å². The fraction of sp³-hybridized carbons (Fsp3) is 0.125. The number of fused-ring (bicyclic) bond motifs is 2. The van der Waals surface area contributed by atoms with Crippen LogP contribution in [0.3, 0.4) is 0 Å². The quantitative estimate of drug-likeness (QED) is 0.187. The SMILES string of the molecule is C=C/C(=C\C(=C/C)c1ccc2[nH]nc(-c3cc4c(-c5cccc(F)c5)ccnc4[nH]3)c2c1)NC(=C)C(C)C. The van der Waals surface area contributed by atoms with Crippen LogP contribution < -0.4 is 5.32 Å². The molecule has 0 amide bonds. The molecule has 0 aliphatic heterocycles. The molecule has 3 aromatic heterocycles. The van der Waals surface area contributed by atoms with Crippen LogP contribution >= 0.6 is 0 Å². The van der Waals surface area contributed by atoms with Crippen LogP contribution in [0.2, 0.25) is 0 Å². The van der Waals surface area contributed by atoms with E-state index in [9.17, 15) is 4.39 Å². The maximum atomic E-state index is 13.9. The molecule has 190 valence electrons. The average molecular weight is 504 g/mol. The standard InChI is InChI=1S/C32H30FN5/c1-6-21(16-25(7-2)35-20(5)19(3)4)22-11-12-29-28(17-22)31(38-37-29)30-18-27-26(13-14-34-32(27)36-30)23-9-8-10-24(33)15-23/h6-19,35H,2,5H2,1,3-4H3,(H,34,36)(H,37,38)/b21-6+,25-16+. The number of rotatable bonds is 8. The minimum absolute atomic E-state index is 0.272. The van der Waals surface area contributed by atoms with Crippen molar-refractivity contribution >= 4 is 27.5 Å². The first kappa shape index (κ1) is 25.0. The van der Waals surface area contributed by atoms with Crippen LogP contribution in [0.1, 0.15) is 26.3 Å². The van der Waals surface area contributed by atoms with Gasteiger partial charge in [-0.1, -0.05) is 51.3 Å². The molecule has 0 saturated heterocycles. The normalized spacial score (nSPS) is 12.4. The fourth-order valence-electron chi connectivity index (χ4n) is 4.44. The van der Waals surface area contributed by atoms with E-state index < -0.39 is 0 Å². The predicted molar refractivity (Wildman–Crippen MR) is 156 cm³/mol. The van der Waals surface area contributed by atoms with E-state index in [4.69, 9.17) is 0 Å². The van der Waals surface area contributed by atoms with Gasteiger partial charge in [-0.15, -0.1) is 0 Å². The number of hydrogen-bond acceptors (Lipinski definition) is 3. The van der Waals surface area contributed by atoms with Gasteiger partial charge in [-0.25, -0.2) is 9.37 Å². The van der Waals surface area contributed by atoms with Gasteiger partial charge in [0.25, 0.3) is 0 Å². The monoisotopic (exact) mass is 503 g/mol. The Balaban J connectivity index is 1.56. The highest BCUT2D eigenvalue weighted by molar-refractivity contribution is 6.00. The van der Waals surface area contributed by atoms with E-state index in [1.165, 1.54) is 12.1 Å². The van der Waals surface area contributed by atoms with Gasteiger partial charge in [0, 0.05) is 28.4 Å². The number of nitrogens with zero attached hydrogens (tertiary/aromatic N) is 2. The van der Waals surface area contributed by atoms with Crippen molar-refractivity contribution in [3.63, 3.8) is 0 Å². The van der Waals surface area contributed by atoms with Gasteiger partial charge in [0.1, 0.15) is 17.2 Å². The van der Waals surface area contributed by atoms with Gasteiger partial charge in [0.05, 0.1) is 11.2 Å². The van der Waals surface area contributed by atoms with Gasteiger partial charge in [0.2, 0.25) is 0 Å². The Bertz CT molecular complexity index is 1730. The predicted octanol–water partition coefficient (Wildman–Crippen LogP) is 8.14. The maximum absolute atomic E-state index is 13.9. The zero-order chi connectivity index (χ0) is 26.8. The highest BCUT2D eigenvalue weighted by Crippen LogP contribution is 2.34. The number of aromatic amines is 2. The van der Waals surface area contributed by atoms with Crippen molar-refractivity contribution in [3.8, 4) is 22.5 Å². The second-order valence-corrected chi connectivity index (χ2v) is 9.50. The first-order chi connectivity index (χ1) is 18.4. The van der Waals surface area contributed by atoms with Crippen molar-refractivity contribution < 1.29 is 4.39 Å². The number of nitrogens with one attached hydrogen (secondary N) is 3. The lowest BCUT2D eigenvalue weighted by Gasteiger charge is -2.14. The first-order valence-electron chi connectivity index (χ1n) is 12.6. The van der Waals surface area contributed by atoms with Gasteiger partial charge in [-0.2, -0.15) is 5.10 Å². The van der Waals surface area contributed by atoms with Gasteiger partial charge in [0.15, 0.2) is 0 Å². The molecule has 0 fully saturated rings. The number of pyridine rings is 1. The summed E-state index contributed by atoms with van der Waals surface area (Å²) in [6, 6.07) is 16.8. The summed E-state index contributed by atoms with van der Waals surface area (Å²) in [5, 5.41) is 13.0. The van der Waals surface area contributed by atoms with E-state index in [0.29, 0.717) is 5.92 Å². The van der Waals surface area contributed by atoms with Crippen molar-refractivity contribution in [2.45, 2.75) is 20.8 Å². The molecular formula is C32H30FN5. The molecule has 6 heteroatoms. The Hall–Kier alpha value is -4.71. The largest absolute Gasteiger partial charge is 0.359 e. The summed E-state index contributed by atoms with van der Waals surface area (Å²) in [4.78, 5) is 7.91. The van der Waals surface area contributed by atoms with Gasteiger partial charge >= 0.3 is 0 Å². The second-order valence-electron chi connectivity index (χ2n) is 9.50. The Morgan fingerprint density at radius 3 is 2.66 bits per heavy atom. The highest BCUT2D eigenvalue weighted by atomic mass is 19.1. The third-order valence-electron chi connectivity index (χ3n) is 6.66. The molecule has 0 spiro atoms. The third kappa shape index (κ3) is 4.81. The first-order valence-corrected chi connectivity index (χ1v) is 12.6. The molecule has 0 aliphatic carbocycles. The zero-order valence-electron chi connectivity index (χ0n) is 21.8. The van der Waals surface area contributed by atoms with E-state index in [0.717, 1.165) is 67.0 Å². The van der Waals surface area contributed by atoms with Gasteiger partial charge in [-0.05, 0) is 83.7 Å². The van der Waals surface area contributed by atoms with Crippen molar-refractivity contribution in [3.05, 3.63) is 115 Å². The highest BCUT2D eigenvalue weighted by Gasteiger charge is 2.15. The molecular weight excluding hydrogens is 473 g/mol. The summed E-state index contributed by atoms with van der Waals surface area (Å²) in [5.41, 5.74) is 8.89. The molecule has 5 nitrogen and oxygen atoms in total. The van der Waals surface area contributed by atoms with Crippen LogP contribution in [-0.4, -0.2) is 20.2 Å². The van der Waals surface area contributed by atoms with E-state index in [-0.39, 0.29) is 5.82 Å². The summed E-state index contributed by atoms with van der Waals surface area (Å²) in [5.74, 6) is 0.0377. The van der Waals surface area contributed by atoms with Crippen LogP contribution in [0.15, 0.2) is 104 Å². The number of halogens is 1. The van der Waals surface area contributed by atoms with E-state index in [1.807, 2.05) is 31.2 Å². The number of aromatic nitrogens is 4. The van der Waals surface area contributed by atoms with Crippen LogP contribution in [0.25, 0.3) is 50.0 Å². The summed E-state index contributed by atoms with van der Waals surface area (Å²) in [6.07, 6.45) is 7.67. The molecule has 38 heavy (non-hydrogen) atoms. The van der Waals surface area contributed by atoms with Crippen molar-refractivity contribution in [2.24, 2.45) is 5.92 Å². The molecule has 5 aromatic rings. The second kappa shape index (κ2) is 10.3. The summed E-state index contributed by atoms with van der Waals surface area (Å²) in [7, 11) is 0.